The lowest BCUT2D eigenvalue weighted by molar-refractivity contribution is -0.147. The number of nitrogens with one attached hydrogen (secondary N) is 1. The van der Waals surface area contributed by atoms with Crippen molar-refractivity contribution in [2.75, 3.05) is 32.1 Å². The molecule has 1 amide bonds. The van der Waals surface area contributed by atoms with Crippen LogP contribution in [-0.2, 0) is 14.3 Å². The van der Waals surface area contributed by atoms with Crippen molar-refractivity contribution in [1.29, 1.82) is 0 Å². The number of likely N-dealkylation sites (tertiary alicyclic amines) is 1. The highest BCUT2D eigenvalue weighted by Crippen LogP contribution is 2.18. The van der Waals surface area contributed by atoms with E-state index in [1.165, 1.54) is 14.0 Å². The average Bonchev–Trinajstić information content (AvgIpc) is 2.55. The van der Waals surface area contributed by atoms with Gasteiger partial charge in [0.15, 0.2) is 5.78 Å². The van der Waals surface area contributed by atoms with Crippen molar-refractivity contribution < 1.29 is 19.1 Å². The van der Waals surface area contributed by atoms with Crippen molar-refractivity contribution in [1.82, 2.24) is 4.90 Å². The highest BCUT2D eigenvalue weighted by atomic mass is 16.5. The first-order chi connectivity index (χ1) is 11.0. The Hall–Kier alpha value is -2.21. The third-order valence-corrected chi connectivity index (χ3v) is 4.06. The smallest absolute Gasteiger partial charge is 0.308 e. The molecule has 1 aromatic carbocycles. The topological polar surface area (TPSA) is 75.7 Å². The molecule has 1 N–H and O–H groups in total. The fourth-order valence-corrected chi connectivity index (χ4v) is 2.69. The van der Waals surface area contributed by atoms with Gasteiger partial charge in [0.2, 0.25) is 5.91 Å². The summed E-state index contributed by atoms with van der Waals surface area (Å²) < 4.78 is 4.75. The number of methoxy groups -OCH3 is 1. The number of hydrogen-bond donors (Lipinski definition) is 1. The Morgan fingerprint density at radius 3 is 2.30 bits per heavy atom. The first-order valence-corrected chi connectivity index (χ1v) is 7.70. The zero-order valence-corrected chi connectivity index (χ0v) is 13.5. The molecule has 1 saturated heterocycles. The minimum Gasteiger partial charge on any atom is -0.469 e. The molecule has 0 atom stereocenters. The summed E-state index contributed by atoms with van der Waals surface area (Å²) >= 11 is 0. The number of rotatable bonds is 5. The van der Waals surface area contributed by atoms with E-state index in [4.69, 9.17) is 4.74 Å². The van der Waals surface area contributed by atoms with Crippen molar-refractivity contribution >= 4 is 23.3 Å². The van der Waals surface area contributed by atoms with Gasteiger partial charge in [0.05, 0.1) is 19.6 Å². The van der Waals surface area contributed by atoms with Crippen LogP contribution in [0.1, 0.15) is 30.1 Å². The predicted molar refractivity (Wildman–Crippen MR) is 86.3 cm³/mol. The third kappa shape index (κ3) is 4.89. The molecule has 0 aromatic heterocycles. The summed E-state index contributed by atoms with van der Waals surface area (Å²) in [6.07, 6.45) is 1.43. The van der Waals surface area contributed by atoms with Crippen molar-refractivity contribution in [3.63, 3.8) is 0 Å². The maximum absolute atomic E-state index is 12.1. The zero-order chi connectivity index (χ0) is 16.8. The predicted octanol–water partition coefficient (Wildman–Crippen LogP) is 1.71. The summed E-state index contributed by atoms with van der Waals surface area (Å²) in [7, 11) is 1.40. The number of carbonyl (C=O) groups excluding carboxylic acids is 3. The largest absolute Gasteiger partial charge is 0.469 e. The monoisotopic (exact) mass is 318 g/mol. The summed E-state index contributed by atoms with van der Waals surface area (Å²) in [5.41, 5.74) is 1.29. The van der Waals surface area contributed by atoms with Crippen molar-refractivity contribution in [2.45, 2.75) is 19.8 Å². The minimum atomic E-state index is -0.167. The molecule has 1 aliphatic heterocycles. The van der Waals surface area contributed by atoms with E-state index in [-0.39, 0.29) is 23.6 Å². The second-order valence-electron chi connectivity index (χ2n) is 5.76. The van der Waals surface area contributed by atoms with Crippen molar-refractivity contribution in [3.05, 3.63) is 29.8 Å². The first kappa shape index (κ1) is 17.1. The average molecular weight is 318 g/mol. The molecule has 1 aliphatic rings. The van der Waals surface area contributed by atoms with Crippen LogP contribution in [0.15, 0.2) is 24.3 Å². The van der Waals surface area contributed by atoms with Gasteiger partial charge in [-0.05, 0) is 57.1 Å². The number of Topliss-reactive ketones (excluding diaryl/α,β-unsaturated/α-hetero) is 1. The number of carbonyl (C=O) groups is 3. The summed E-state index contributed by atoms with van der Waals surface area (Å²) in [4.78, 5) is 36.8. The van der Waals surface area contributed by atoms with E-state index in [0.29, 0.717) is 43.7 Å². The van der Waals surface area contributed by atoms with Gasteiger partial charge in [-0.2, -0.15) is 0 Å². The van der Waals surface area contributed by atoms with Crippen LogP contribution in [0.4, 0.5) is 5.69 Å². The molecule has 1 heterocycles. The van der Waals surface area contributed by atoms with Gasteiger partial charge in [-0.3, -0.25) is 19.3 Å². The van der Waals surface area contributed by atoms with Gasteiger partial charge in [-0.25, -0.2) is 0 Å². The van der Waals surface area contributed by atoms with Crippen molar-refractivity contribution in [3.8, 4) is 0 Å². The Morgan fingerprint density at radius 1 is 1.17 bits per heavy atom. The van der Waals surface area contributed by atoms with Crippen LogP contribution >= 0.6 is 0 Å². The number of ketones is 1. The van der Waals surface area contributed by atoms with Crippen LogP contribution in [0, 0.1) is 5.92 Å². The quantitative estimate of drug-likeness (QED) is 0.661. The van der Waals surface area contributed by atoms with Crippen LogP contribution in [0.5, 0.6) is 0 Å². The van der Waals surface area contributed by atoms with Gasteiger partial charge in [0.25, 0.3) is 0 Å². The molecule has 1 aromatic rings. The third-order valence-electron chi connectivity index (χ3n) is 4.06. The van der Waals surface area contributed by atoms with E-state index in [1.54, 1.807) is 24.3 Å². The molecule has 124 valence electrons. The van der Waals surface area contributed by atoms with Crippen LogP contribution in [0.25, 0.3) is 0 Å². The Morgan fingerprint density at radius 2 is 1.78 bits per heavy atom. The van der Waals surface area contributed by atoms with E-state index in [0.717, 1.165) is 0 Å². The number of amides is 1. The van der Waals surface area contributed by atoms with Crippen LogP contribution in [0.3, 0.4) is 0 Å². The van der Waals surface area contributed by atoms with Crippen LogP contribution in [-0.4, -0.2) is 49.3 Å². The number of anilines is 1. The molecule has 6 nitrogen and oxygen atoms in total. The van der Waals surface area contributed by atoms with Crippen LogP contribution < -0.4 is 5.32 Å². The Labute approximate surface area is 135 Å². The van der Waals surface area contributed by atoms with E-state index in [9.17, 15) is 14.4 Å². The number of benzene rings is 1. The van der Waals surface area contributed by atoms with Gasteiger partial charge in [-0.15, -0.1) is 0 Å². The lowest BCUT2D eigenvalue weighted by Crippen LogP contribution is -2.41. The maximum atomic E-state index is 12.1. The standard InChI is InChI=1S/C17H22N2O4/c1-12(20)13-3-5-15(6-4-13)18-16(21)11-19-9-7-14(8-10-19)17(22)23-2/h3-6,14H,7-11H2,1-2H3,(H,18,21). The second kappa shape index (κ2) is 7.87. The van der Waals surface area contributed by atoms with Crippen molar-refractivity contribution in [2.24, 2.45) is 5.92 Å². The van der Waals surface area contributed by atoms with E-state index in [1.807, 2.05) is 4.90 Å². The maximum Gasteiger partial charge on any atom is 0.308 e. The minimum absolute atomic E-state index is 0.00338. The second-order valence-corrected chi connectivity index (χ2v) is 5.76. The van der Waals surface area contributed by atoms with Gasteiger partial charge < -0.3 is 10.1 Å². The van der Waals surface area contributed by atoms with Gasteiger partial charge in [0.1, 0.15) is 0 Å². The fourth-order valence-electron chi connectivity index (χ4n) is 2.69. The molecule has 0 spiro atoms. The number of hydrogen-bond acceptors (Lipinski definition) is 5. The molecular formula is C17H22N2O4. The first-order valence-electron chi connectivity index (χ1n) is 7.70. The molecule has 0 aliphatic carbocycles. The van der Waals surface area contributed by atoms with E-state index < -0.39 is 0 Å². The van der Waals surface area contributed by atoms with E-state index >= 15 is 0 Å². The molecule has 23 heavy (non-hydrogen) atoms. The zero-order valence-electron chi connectivity index (χ0n) is 13.5. The molecule has 0 saturated carbocycles. The lowest BCUT2D eigenvalue weighted by atomic mass is 9.97. The molecule has 0 radical (unpaired) electrons. The molecule has 1 fully saturated rings. The van der Waals surface area contributed by atoms with Gasteiger partial charge in [0, 0.05) is 11.3 Å². The molecule has 6 heteroatoms. The SMILES string of the molecule is COC(=O)C1CCN(CC(=O)Nc2ccc(C(C)=O)cc2)CC1. The highest BCUT2D eigenvalue weighted by molar-refractivity contribution is 5.96. The Bertz CT molecular complexity index is 575. The van der Waals surface area contributed by atoms with E-state index in [2.05, 4.69) is 5.32 Å². The normalized spacial score (nSPS) is 15.9. The number of nitrogens with zero attached hydrogens (tertiary/aromatic N) is 1. The van der Waals surface area contributed by atoms with Gasteiger partial charge in [-0.1, -0.05) is 0 Å². The summed E-state index contributed by atoms with van der Waals surface area (Å²) in [5, 5.41) is 2.82. The summed E-state index contributed by atoms with van der Waals surface area (Å²) in [5.74, 6) is -0.327. The molecule has 0 unspecified atom stereocenters. The fraction of sp³-hybridized carbons (Fsp3) is 0.471. The van der Waals surface area contributed by atoms with Gasteiger partial charge >= 0.3 is 5.97 Å². The number of ether oxygens (including phenoxy) is 1. The van der Waals surface area contributed by atoms with Crippen LogP contribution in [0.2, 0.25) is 0 Å². The molecule has 0 bridgehead atoms. The number of esters is 1. The lowest BCUT2D eigenvalue weighted by Gasteiger charge is -2.29. The summed E-state index contributed by atoms with van der Waals surface area (Å²) in [6.45, 7) is 3.21. The number of piperidine rings is 1. The Kier molecular flexibility index (Phi) is 5.87. The highest BCUT2D eigenvalue weighted by Gasteiger charge is 2.26. The molecule has 2 rings (SSSR count). The molecular weight excluding hydrogens is 296 g/mol. The summed E-state index contributed by atoms with van der Waals surface area (Å²) in [6, 6.07) is 6.83. The Balaban J connectivity index is 1.79.